The van der Waals surface area contributed by atoms with Gasteiger partial charge in [0.05, 0.1) is 18.7 Å². The maximum atomic E-state index is 14.0. The molecule has 8 heteroatoms. The summed E-state index contributed by atoms with van der Waals surface area (Å²) < 4.78 is 19.2. The number of hydrogen-bond acceptors (Lipinski definition) is 4. The van der Waals surface area contributed by atoms with Crippen molar-refractivity contribution >= 4 is 34.8 Å². The van der Waals surface area contributed by atoms with Crippen LogP contribution in [-0.4, -0.2) is 31.4 Å². The molecular formula is C20H20FN3O4. The van der Waals surface area contributed by atoms with Crippen molar-refractivity contribution < 1.29 is 23.5 Å². The first kappa shape index (κ1) is 19.3. The second-order valence-electron chi connectivity index (χ2n) is 6.47. The molecular weight excluding hydrogens is 365 g/mol. The molecule has 2 aromatic rings. The highest BCUT2D eigenvalue weighted by atomic mass is 19.1. The minimum absolute atomic E-state index is 0.0239. The highest BCUT2D eigenvalue weighted by molar-refractivity contribution is 6.04. The quantitative estimate of drug-likeness (QED) is 0.829. The summed E-state index contributed by atoms with van der Waals surface area (Å²) in [6, 6.07) is 10.9. The number of nitrogens with zero attached hydrogens (tertiary/aromatic N) is 1. The number of rotatable bonds is 5. The molecule has 0 spiro atoms. The molecule has 146 valence electrons. The Morgan fingerprint density at radius 3 is 2.68 bits per heavy atom. The van der Waals surface area contributed by atoms with Crippen molar-refractivity contribution in [2.45, 2.75) is 13.3 Å². The fourth-order valence-electron chi connectivity index (χ4n) is 3.05. The van der Waals surface area contributed by atoms with E-state index in [9.17, 15) is 18.8 Å². The summed E-state index contributed by atoms with van der Waals surface area (Å²) in [5.74, 6) is -1.60. The Balaban J connectivity index is 1.72. The van der Waals surface area contributed by atoms with Gasteiger partial charge >= 0.3 is 0 Å². The first-order valence-electron chi connectivity index (χ1n) is 8.70. The number of anilines is 3. The van der Waals surface area contributed by atoms with Crippen LogP contribution in [0.25, 0.3) is 0 Å². The van der Waals surface area contributed by atoms with Crippen LogP contribution in [0.3, 0.4) is 0 Å². The molecule has 0 aromatic heterocycles. The first-order valence-corrected chi connectivity index (χ1v) is 8.70. The number of halogens is 1. The number of methoxy groups -OCH3 is 1. The van der Waals surface area contributed by atoms with Gasteiger partial charge in [-0.3, -0.25) is 14.4 Å². The van der Waals surface area contributed by atoms with Gasteiger partial charge in [-0.2, -0.15) is 0 Å². The van der Waals surface area contributed by atoms with Crippen LogP contribution >= 0.6 is 0 Å². The van der Waals surface area contributed by atoms with Crippen molar-refractivity contribution in [2.24, 2.45) is 5.92 Å². The van der Waals surface area contributed by atoms with E-state index in [1.54, 1.807) is 24.3 Å². The Hall–Kier alpha value is -3.42. The van der Waals surface area contributed by atoms with E-state index in [1.165, 1.54) is 31.1 Å². The number of carbonyl (C=O) groups excluding carboxylic acids is 3. The van der Waals surface area contributed by atoms with Crippen LogP contribution in [-0.2, 0) is 14.4 Å². The van der Waals surface area contributed by atoms with Crippen molar-refractivity contribution in [2.75, 3.05) is 29.2 Å². The monoisotopic (exact) mass is 385 g/mol. The largest absolute Gasteiger partial charge is 0.497 e. The summed E-state index contributed by atoms with van der Waals surface area (Å²) in [5.41, 5.74) is 0.951. The minimum atomic E-state index is -0.628. The molecule has 1 aliphatic heterocycles. The van der Waals surface area contributed by atoms with E-state index >= 15 is 0 Å². The second kappa shape index (κ2) is 8.08. The molecule has 1 atom stereocenters. The second-order valence-corrected chi connectivity index (χ2v) is 6.47. The van der Waals surface area contributed by atoms with E-state index < -0.39 is 17.6 Å². The molecule has 28 heavy (non-hydrogen) atoms. The molecule has 3 rings (SSSR count). The Morgan fingerprint density at radius 1 is 1.18 bits per heavy atom. The molecule has 2 aromatic carbocycles. The smallest absolute Gasteiger partial charge is 0.229 e. The van der Waals surface area contributed by atoms with E-state index in [-0.39, 0.29) is 30.5 Å². The van der Waals surface area contributed by atoms with Crippen molar-refractivity contribution in [3.8, 4) is 5.75 Å². The van der Waals surface area contributed by atoms with Crippen LogP contribution in [0.4, 0.5) is 21.5 Å². The van der Waals surface area contributed by atoms with Gasteiger partial charge in [0.15, 0.2) is 0 Å². The molecule has 0 saturated carbocycles. The number of amides is 3. The topological polar surface area (TPSA) is 87.7 Å². The third-order valence-corrected chi connectivity index (χ3v) is 4.41. The minimum Gasteiger partial charge on any atom is -0.497 e. The normalized spacial score (nSPS) is 16.0. The van der Waals surface area contributed by atoms with Gasteiger partial charge in [0.2, 0.25) is 17.7 Å². The van der Waals surface area contributed by atoms with Gasteiger partial charge in [-0.25, -0.2) is 4.39 Å². The predicted molar refractivity (Wildman–Crippen MR) is 103 cm³/mol. The van der Waals surface area contributed by atoms with E-state index in [2.05, 4.69) is 10.6 Å². The highest BCUT2D eigenvalue weighted by Crippen LogP contribution is 2.29. The molecule has 3 amide bonds. The third-order valence-electron chi connectivity index (χ3n) is 4.41. The van der Waals surface area contributed by atoms with Gasteiger partial charge in [-0.05, 0) is 30.3 Å². The predicted octanol–water partition coefficient (Wildman–Crippen LogP) is 2.78. The molecule has 1 saturated heterocycles. The van der Waals surface area contributed by atoms with Gasteiger partial charge in [0.25, 0.3) is 0 Å². The third kappa shape index (κ3) is 4.28. The Kier molecular flexibility index (Phi) is 5.58. The van der Waals surface area contributed by atoms with E-state index in [0.29, 0.717) is 17.1 Å². The van der Waals surface area contributed by atoms with E-state index in [4.69, 9.17) is 4.74 Å². The fraction of sp³-hybridized carbons (Fsp3) is 0.250. The summed E-state index contributed by atoms with van der Waals surface area (Å²) in [4.78, 5) is 37.6. The molecule has 0 aliphatic carbocycles. The van der Waals surface area contributed by atoms with Crippen molar-refractivity contribution in [1.29, 1.82) is 0 Å². The van der Waals surface area contributed by atoms with Crippen LogP contribution < -0.4 is 20.3 Å². The fourth-order valence-corrected chi connectivity index (χ4v) is 3.05. The molecule has 7 nitrogen and oxygen atoms in total. The average molecular weight is 385 g/mol. The summed E-state index contributed by atoms with van der Waals surface area (Å²) in [6.45, 7) is 1.52. The SMILES string of the molecule is COc1cccc(N2CC(C(=O)Nc3cc(NC(C)=O)ccc3F)CC2=O)c1. The zero-order valence-corrected chi connectivity index (χ0v) is 15.5. The zero-order valence-electron chi connectivity index (χ0n) is 15.5. The van der Waals surface area contributed by atoms with Gasteiger partial charge in [-0.1, -0.05) is 6.07 Å². The lowest BCUT2D eigenvalue weighted by atomic mass is 10.1. The zero-order chi connectivity index (χ0) is 20.3. The molecule has 1 unspecified atom stereocenters. The first-order chi connectivity index (χ1) is 13.4. The lowest BCUT2D eigenvalue weighted by Gasteiger charge is -2.17. The average Bonchev–Trinajstić information content (AvgIpc) is 3.06. The lowest BCUT2D eigenvalue weighted by Crippen LogP contribution is -2.28. The standard InChI is InChI=1S/C20H20FN3O4/c1-12(25)22-14-6-7-17(21)18(9-14)23-20(27)13-8-19(26)24(11-13)15-4-3-5-16(10-15)28-2/h3-7,9-10,13H,8,11H2,1-2H3,(H,22,25)(H,23,27). The molecule has 2 N–H and O–H groups in total. The van der Waals surface area contributed by atoms with Gasteiger partial charge < -0.3 is 20.3 Å². The summed E-state index contributed by atoms with van der Waals surface area (Å²) in [5, 5.41) is 5.04. The Bertz CT molecular complexity index is 931. The van der Waals surface area contributed by atoms with Gasteiger partial charge in [-0.15, -0.1) is 0 Å². The summed E-state index contributed by atoms with van der Waals surface area (Å²) in [6.07, 6.45) is 0.0239. The molecule has 1 fully saturated rings. The van der Waals surface area contributed by atoms with Crippen molar-refractivity contribution in [1.82, 2.24) is 0 Å². The summed E-state index contributed by atoms with van der Waals surface area (Å²) in [7, 11) is 1.53. The maximum Gasteiger partial charge on any atom is 0.229 e. The maximum absolute atomic E-state index is 14.0. The van der Waals surface area contributed by atoms with Crippen LogP contribution in [0, 0.1) is 11.7 Å². The van der Waals surface area contributed by atoms with Gasteiger partial charge in [0.1, 0.15) is 11.6 Å². The number of carbonyl (C=O) groups is 3. The number of ether oxygens (including phenoxy) is 1. The van der Waals surface area contributed by atoms with Crippen LogP contribution in [0.5, 0.6) is 5.75 Å². The van der Waals surface area contributed by atoms with Crippen molar-refractivity contribution in [3.63, 3.8) is 0 Å². The molecule has 0 radical (unpaired) electrons. The Morgan fingerprint density at radius 2 is 1.96 bits per heavy atom. The van der Waals surface area contributed by atoms with Gasteiger partial charge in [0, 0.05) is 37.3 Å². The summed E-state index contributed by atoms with van der Waals surface area (Å²) >= 11 is 0. The number of nitrogens with one attached hydrogen (secondary N) is 2. The molecule has 0 bridgehead atoms. The van der Waals surface area contributed by atoms with Crippen LogP contribution in [0.2, 0.25) is 0 Å². The molecule has 1 heterocycles. The van der Waals surface area contributed by atoms with Crippen LogP contribution in [0.1, 0.15) is 13.3 Å². The van der Waals surface area contributed by atoms with E-state index in [0.717, 1.165) is 6.07 Å². The lowest BCUT2D eigenvalue weighted by molar-refractivity contribution is -0.122. The molecule has 1 aliphatic rings. The highest BCUT2D eigenvalue weighted by Gasteiger charge is 2.35. The van der Waals surface area contributed by atoms with Crippen molar-refractivity contribution in [3.05, 3.63) is 48.3 Å². The number of benzene rings is 2. The van der Waals surface area contributed by atoms with E-state index in [1.807, 2.05) is 0 Å². The Labute approximate surface area is 161 Å². The number of hydrogen-bond donors (Lipinski definition) is 2. The van der Waals surface area contributed by atoms with Crippen LogP contribution in [0.15, 0.2) is 42.5 Å².